The van der Waals surface area contributed by atoms with E-state index in [2.05, 4.69) is 5.09 Å². The number of carbonyl (C=O) groups excluding carboxylic acids is 1. The standard InChI is InChI=1S/C25H32N3O10P/c1-6-25(33)20(30)18(37-22(25)28-13-12-19(29)26-23(28)32)14-36-39(34,38-17-10-8-7-9-11-17)27-16(2)21(31)35-15-24(3,4)5/h1,7-13,16,18,20,22,30,33H,14-15H2,2-5H3,(H,27,34)(H,26,29,32)/t16-,18+,20+,22+,25+,39?/m0/s1. The molecule has 0 bridgehead atoms. The normalized spacial score (nSPS) is 25.3. The monoisotopic (exact) mass is 565 g/mol. The minimum Gasteiger partial charge on any atom is -0.464 e. The SMILES string of the molecule is C#C[C@@]1(O)[C@H](O)[C@@H](COP(=O)(N[C@@H](C)C(=O)OCC(C)(C)C)Oc2ccccc2)O[C@H]1n1ccc(=O)[nH]c1=O. The molecule has 0 aliphatic carbocycles. The van der Waals surface area contributed by atoms with Crippen LogP contribution in [0.5, 0.6) is 5.75 Å². The number of rotatable bonds is 10. The highest BCUT2D eigenvalue weighted by atomic mass is 31.2. The summed E-state index contributed by atoms with van der Waals surface area (Å²) >= 11 is 0. The zero-order chi connectivity index (χ0) is 29.0. The number of aliphatic hydroxyl groups excluding tert-OH is 1. The highest BCUT2D eigenvalue weighted by molar-refractivity contribution is 7.52. The average Bonchev–Trinajstić information content (AvgIpc) is 3.11. The summed E-state index contributed by atoms with van der Waals surface area (Å²) in [5.74, 6) is 1.46. The van der Waals surface area contributed by atoms with E-state index in [1.165, 1.54) is 19.1 Å². The number of aromatic nitrogens is 2. The average molecular weight is 566 g/mol. The van der Waals surface area contributed by atoms with E-state index in [9.17, 15) is 29.2 Å². The van der Waals surface area contributed by atoms with Gasteiger partial charge in [0.05, 0.1) is 13.2 Å². The summed E-state index contributed by atoms with van der Waals surface area (Å²) in [5, 5.41) is 24.2. The number of esters is 1. The molecule has 1 saturated heterocycles. The second-order valence-corrected chi connectivity index (χ2v) is 11.9. The van der Waals surface area contributed by atoms with Gasteiger partial charge >= 0.3 is 19.4 Å². The first-order valence-electron chi connectivity index (χ1n) is 12.0. The van der Waals surface area contributed by atoms with Gasteiger partial charge in [0.25, 0.3) is 5.56 Å². The number of hydrogen-bond acceptors (Lipinski definition) is 10. The smallest absolute Gasteiger partial charge is 0.459 e. The van der Waals surface area contributed by atoms with Gasteiger partial charge < -0.3 is 24.2 Å². The molecule has 0 amide bonds. The van der Waals surface area contributed by atoms with Gasteiger partial charge in [-0.25, -0.2) is 9.36 Å². The van der Waals surface area contributed by atoms with E-state index in [1.807, 2.05) is 31.7 Å². The molecule has 14 heteroatoms. The topological polar surface area (TPSA) is 178 Å². The van der Waals surface area contributed by atoms with E-state index >= 15 is 0 Å². The van der Waals surface area contributed by atoms with Crippen LogP contribution in [0.15, 0.2) is 52.2 Å². The van der Waals surface area contributed by atoms with E-state index in [-0.39, 0.29) is 17.8 Å². The van der Waals surface area contributed by atoms with E-state index in [0.717, 1.165) is 16.8 Å². The first kappa shape index (κ1) is 30.3. The molecule has 2 aromatic rings. The van der Waals surface area contributed by atoms with Crippen molar-refractivity contribution in [1.82, 2.24) is 14.6 Å². The van der Waals surface area contributed by atoms with Crippen LogP contribution in [0.3, 0.4) is 0 Å². The summed E-state index contributed by atoms with van der Waals surface area (Å²) in [6, 6.07) is 7.86. The van der Waals surface area contributed by atoms with Crippen LogP contribution in [0.4, 0.5) is 0 Å². The van der Waals surface area contributed by atoms with Gasteiger partial charge in [-0.1, -0.05) is 44.9 Å². The summed E-state index contributed by atoms with van der Waals surface area (Å²) in [7, 11) is -4.34. The zero-order valence-corrected chi connectivity index (χ0v) is 22.8. The van der Waals surface area contributed by atoms with Crippen molar-refractivity contribution in [2.45, 2.75) is 57.8 Å². The van der Waals surface area contributed by atoms with Gasteiger partial charge in [-0.3, -0.25) is 23.7 Å². The summed E-state index contributed by atoms with van der Waals surface area (Å²) < 4.78 is 36.5. The van der Waals surface area contributed by atoms with Crippen LogP contribution < -0.4 is 20.9 Å². The molecule has 1 aromatic heterocycles. The van der Waals surface area contributed by atoms with Crippen LogP contribution in [0.1, 0.15) is 33.9 Å². The molecule has 6 atom stereocenters. The predicted molar refractivity (Wildman–Crippen MR) is 139 cm³/mol. The van der Waals surface area contributed by atoms with Crippen LogP contribution in [0, 0.1) is 17.8 Å². The molecule has 1 fully saturated rings. The molecule has 1 aliphatic rings. The molecule has 0 spiro atoms. The first-order valence-corrected chi connectivity index (χ1v) is 13.5. The van der Waals surface area contributed by atoms with Crippen LogP contribution in [-0.2, 0) is 23.4 Å². The van der Waals surface area contributed by atoms with E-state index in [1.54, 1.807) is 18.2 Å². The second kappa shape index (κ2) is 11.9. The summed E-state index contributed by atoms with van der Waals surface area (Å²) in [6.07, 6.45) is 1.66. The van der Waals surface area contributed by atoms with Crippen molar-refractivity contribution >= 4 is 13.7 Å². The lowest BCUT2D eigenvalue weighted by molar-refractivity contribution is -0.148. The number of aromatic amines is 1. The third kappa shape index (κ3) is 7.45. The minimum atomic E-state index is -4.34. The Morgan fingerprint density at radius 3 is 2.56 bits per heavy atom. The van der Waals surface area contributed by atoms with Gasteiger partial charge in [0.1, 0.15) is 24.0 Å². The molecule has 39 heavy (non-hydrogen) atoms. The fraction of sp³-hybridized carbons (Fsp3) is 0.480. The number of H-pyrrole nitrogens is 1. The fourth-order valence-corrected chi connectivity index (χ4v) is 5.04. The maximum absolute atomic E-state index is 13.7. The van der Waals surface area contributed by atoms with Crippen molar-refractivity contribution in [2.75, 3.05) is 13.2 Å². The number of para-hydroxylation sites is 1. The number of ether oxygens (including phenoxy) is 2. The quantitative estimate of drug-likeness (QED) is 0.183. The Hall–Kier alpha value is -3.24. The Labute approximate surface area is 224 Å². The maximum Gasteiger partial charge on any atom is 0.459 e. The molecule has 1 aliphatic heterocycles. The van der Waals surface area contributed by atoms with Crippen molar-refractivity contribution in [3.63, 3.8) is 0 Å². The lowest BCUT2D eigenvalue weighted by atomic mass is 9.95. The van der Waals surface area contributed by atoms with Crippen molar-refractivity contribution < 1.29 is 38.1 Å². The van der Waals surface area contributed by atoms with Crippen molar-refractivity contribution in [3.8, 4) is 18.1 Å². The molecule has 4 N–H and O–H groups in total. The molecule has 0 radical (unpaired) electrons. The number of carbonyl (C=O) groups is 1. The molecule has 0 saturated carbocycles. The Morgan fingerprint density at radius 1 is 1.31 bits per heavy atom. The van der Waals surface area contributed by atoms with Crippen molar-refractivity contribution in [2.24, 2.45) is 5.41 Å². The van der Waals surface area contributed by atoms with Gasteiger partial charge in [-0.05, 0) is 24.5 Å². The molecule has 1 aromatic carbocycles. The van der Waals surface area contributed by atoms with E-state index in [0.29, 0.717) is 0 Å². The van der Waals surface area contributed by atoms with Gasteiger partial charge in [-0.15, -0.1) is 6.42 Å². The number of aliphatic hydroxyl groups is 2. The van der Waals surface area contributed by atoms with Crippen LogP contribution in [0.2, 0.25) is 0 Å². The highest BCUT2D eigenvalue weighted by Gasteiger charge is 2.56. The predicted octanol–water partition coefficient (Wildman–Crippen LogP) is 0.930. The number of terminal acetylenes is 1. The first-order chi connectivity index (χ1) is 18.2. The highest BCUT2D eigenvalue weighted by Crippen LogP contribution is 2.46. The van der Waals surface area contributed by atoms with Crippen LogP contribution in [-0.4, -0.2) is 62.8 Å². The third-order valence-electron chi connectivity index (χ3n) is 5.55. The Balaban J connectivity index is 1.81. The third-order valence-corrected chi connectivity index (χ3v) is 7.19. The Bertz CT molecular complexity index is 1360. The summed E-state index contributed by atoms with van der Waals surface area (Å²) in [5.41, 5.74) is -4.36. The van der Waals surface area contributed by atoms with Gasteiger partial charge in [-0.2, -0.15) is 5.09 Å². The molecule has 3 rings (SSSR count). The van der Waals surface area contributed by atoms with Crippen molar-refractivity contribution in [1.29, 1.82) is 0 Å². The zero-order valence-electron chi connectivity index (χ0n) is 21.9. The fourth-order valence-electron chi connectivity index (χ4n) is 3.53. The molecule has 212 valence electrons. The van der Waals surface area contributed by atoms with E-state index in [4.69, 9.17) is 24.9 Å². The largest absolute Gasteiger partial charge is 0.464 e. The molecule has 1 unspecified atom stereocenters. The number of hydrogen-bond donors (Lipinski definition) is 4. The second-order valence-electron chi connectivity index (χ2n) is 10.2. The van der Waals surface area contributed by atoms with Crippen LogP contribution >= 0.6 is 7.75 Å². The van der Waals surface area contributed by atoms with Gasteiger partial charge in [0.2, 0.25) is 0 Å². The molecular weight excluding hydrogens is 533 g/mol. The van der Waals surface area contributed by atoms with Crippen molar-refractivity contribution in [3.05, 3.63) is 63.4 Å². The number of nitrogens with zero attached hydrogens (tertiary/aromatic N) is 1. The molecule has 13 nitrogen and oxygen atoms in total. The lowest BCUT2D eigenvalue weighted by Gasteiger charge is -2.26. The Kier molecular flexibility index (Phi) is 9.23. The summed E-state index contributed by atoms with van der Waals surface area (Å²) in [4.78, 5) is 38.2. The summed E-state index contributed by atoms with van der Waals surface area (Å²) in [6.45, 7) is 6.50. The maximum atomic E-state index is 13.7. The van der Waals surface area contributed by atoms with Crippen LogP contribution in [0.25, 0.3) is 0 Å². The van der Waals surface area contributed by atoms with Gasteiger partial charge in [0.15, 0.2) is 11.8 Å². The molecular formula is C25H32N3O10P. The van der Waals surface area contributed by atoms with E-state index < -0.39 is 61.7 Å². The number of benzene rings is 1. The minimum absolute atomic E-state index is 0.112. The molecule has 2 heterocycles. The van der Waals surface area contributed by atoms with Gasteiger partial charge in [0, 0.05) is 12.3 Å². The Morgan fingerprint density at radius 2 is 1.97 bits per heavy atom. The number of nitrogens with one attached hydrogen (secondary N) is 2. The lowest BCUT2D eigenvalue weighted by Crippen LogP contribution is -2.48.